The Kier molecular flexibility index (Phi) is 3.59. The Balaban J connectivity index is 1.75. The van der Waals surface area contributed by atoms with Crippen molar-refractivity contribution in [2.75, 3.05) is 4.90 Å². The molecule has 0 aliphatic carbocycles. The molecule has 1 aromatic heterocycles. The molecule has 31 heavy (non-hydrogen) atoms. The molecule has 11 heteroatoms. The van der Waals surface area contributed by atoms with E-state index in [1.807, 2.05) is 24.1 Å². The summed E-state index contributed by atoms with van der Waals surface area (Å²) in [6.07, 6.45) is 2.87. The van der Waals surface area contributed by atoms with Crippen LogP contribution in [0, 0.1) is 0 Å². The van der Waals surface area contributed by atoms with Crippen LogP contribution in [-0.4, -0.2) is 36.6 Å². The number of alkyl halides is 1. The fraction of sp³-hybridized carbons (Fsp3) is 0.350. The molecule has 0 N–H and O–H groups in total. The van der Waals surface area contributed by atoms with Crippen molar-refractivity contribution in [3.05, 3.63) is 49.0 Å². The molecule has 2 fully saturated rings. The van der Waals surface area contributed by atoms with Crippen LogP contribution in [-0.2, 0) is 15.9 Å². The molecule has 6 nitrogen and oxygen atoms in total. The Labute approximate surface area is 219 Å². The van der Waals surface area contributed by atoms with E-state index in [9.17, 15) is 9.59 Å². The second kappa shape index (κ2) is 5.59. The molecule has 4 unspecified atom stereocenters. The number of aromatic nitrogens is 2. The summed E-state index contributed by atoms with van der Waals surface area (Å²) < 4.78 is 4.75. The van der Waals surface area contributed by atoms with Crippen LogP contribution in [0.3, 0.4) is 0 Å². The van der Waals surface area contributed by atoms with Gasteiger partial charge >= 0.3 is 0 Å². The summed E-state index contributed by atoms with van der Waals surface area (Å²) in [4.78, 5) is 35.9. The van der Waals surface area contributed by atoms with Gasteiger partial charge in [0, 0.05) is 31.2 Å². The van der Waals surface area contributed by atoms with Gasteiger partial charge in [0.25, 0.3) is 5.91 Å². The highest BCUT2D eigenvalue weighted by Gasteiger charge is 2.82. The molecule has 6 heterocycles. The van der Waals surface area contributed by atoms with E-state index in [2.05, 4.69) is 90.6 Å². The highest BCUT2D eigenvalue weighted by Crippen LogP contribution is 2.75. The second-order valence-electron chi connectivity index (χ2n) is 8.79. The summed E-state index contributed by atoms with van der Waals surface area (Å²) in [5.41, 5.74) is 1.39. The van der Waals surface area contributed by atoms with Crippen LogP contribution in [0.15, 0.2) is 32.0 Å². The number of fused-ring (bicyclic) bond motifs is 1. The number of hydrogen-bond donors (Lipinski definition) is 0. The molecule has 0 radical (unpaired) electrons. The van der Waals surface area contributed by atoms with Gasteiger partial charge in [0.05, 0.1) is 16.6 Å². The average molecular weight is 739 g/mol. The normalized spacial score (nSPS) is 36.1. The molecule has 1 amide bonds. The fourth-order valence-electron chi connectivity index (χ4n) is 6.65. The van der Waals surface area contributed by atoms with Crippen LogP contribution < -0.4 is 4.90 Å². The van der Waals surface area contributed by atoms with Gasteiger partial charge in [0.1, 0.15) is 22.3 Å². The van der Waals surface area contributed by atoms with Gasteiger partial charge in [-0.05, 0) is 57.3 Å². The molecule has 1 aromatic carbocycles. The van der Waals surface area contributed by atoms with Gasteiger partial charge in [0.2, 0.25) is 5.91 Å². The summed E-state index contributed by atoms with van der Waals surface area (Å²) in [5.74, 6) is 0.0166. The standard InChI is InChI=1S/C20H11Br5N4O2/c1-18-11(24)4-20-15-14(26-17(25)28(15)16(18)31)9(23)6-27-12(30)5-19(20,27)13-8(22)2-7(21)3-10(13)29(18)20/h2-3,6,11H,4-5H2,1H3. The largest absolute Gasteiger partial charge is 0.342 e. The molecule has 5 aliphatic rings. The Hall–Kier alpha value is -0.490. The summed E-state index contributed by atoms with van der Waals surface area (Å²) in [6.45, 7) is 1.99. The monoisotopic (exact) mass is 734 g/mol. The van der Waals surface area contributed by atoms with Crippen molar-refractivity contribution in [3.63, 3.8) is 0 Å². The highest BCUT2D eigenvalue weighted by molar-refractivity contribution is 9.15. The summed E-state index contributed by atoms with van der Waals surface area (Å²) in [5, 5.41) is 0. The number of carbonyl (C=O) groups excluding carboxylic acids is 2. The lowest BCUT2D eigenvalue weighted by Crippen LogP contribution is -2.73. The maximum absolute atomic E-state index is 14.1. The topological polar surface area (TPSA) is 58.4 Å². The van der Waals surface area contributed by atoms with E-state index in [4.69, 9.17) is 4.98 Å². The molecule has 4 atom stereocenters. The van der Waals surface area contributed by atoms with E-state index >= 15 is 0 Å². The summed E-state index contributed by atoms with van der Waals surface area (Å²) in [6, 6.07) is 4.09. The Morgan fingerprint density at radius 3 is 2.58 bits per heavy atom. The van der Waals surface area contributed by atoms with Crippen molar-refractivity contribution in [1.82, 2.24) is 14.5 Å². The Morgan fingerprint density at radius 2 is 1.87 bits per heavy atom. The van der Waals surface area contributed by atoms with E-state index in [-0.39, 0.29) is 16.6 Å². The zero-order valence-corrected chi connectivity index (χ0v) is 23.6. The van der Waals surface area contributed by atoms with Crippen molar-refractivity contribution < 1.29 is 9.59 Å². The maximum Gasteiger partial charge on any atom is 0.259 e. The van der Waals surface area contributed by atoms with Crippen LogP contribution in [0.2, 0.25) is 0 Å². The minimum absolute atomic E-state index is 0.0402. The number of hydrogen-bond acceptors (Lipinski definition) is 4. The third-order valence-electron chi connectivity index (χ3n) is 7.72. The van der Waals surface area contributed by atoms with E-state index in [0.29, 0.717) is 27.8 Å². The van der Waals surface area contributed by atoms with Crippen molar-refractivity contribution in [1.29, 1.82) is 0 Å². The van der Waals surface area contributed by atoms with Gasteiger partial charge in [-0.3, -0.25) is 14.2 Å². The predicted octanol–water partition coefficient (Wildman–Crippen LogP) is 5.60. The number of anilines is 1. The molecule has 158 valence electrons. The first-order chi connectivity index (χ1) is 14.6. The quantitative estimate of drug-likeness (QED) is 0.261. The highest BCUT2D eigenvalue weighted by atomic mass is 79.9. The average Bonchev–Trinajstić information content (AvgIpc) is 3.22. The Bertz CT molecular complexity index is 1350. The molecular weight excluding hydrogens is 728 g/mol. The van der Waals surface area contributed by atoms with Gasteiger partial charge in [0.15, 0.2) is 4.73 Å². The predicted molar refractivity (Wildman–Crippen MR) is 132 cm³/mol. The van der Waals surface area contributed by atoms with Gasteiger partial charge in [-0.15, -0.1) is 0 Å². The third-order valence-corrected chi connectivity index (χ3v) is 11.1. The number of nitrogens with zero attached hydrogens (tertiary/aromatic N) is 4. The van der Waals surface area contributed by atoms with Crippen molar-refractivity contribution >= 4 is 102 Å². The SMILES string of the molecule is CC12C(=O)n3c(Br)nc4c3C3(CC1Br)N2c1cc(Br)cc(Br)c1C31CC(=O)N1C=C4Br. The van der Waals surface area contributed by atoms with Gasteiger partial charge in [-0.1, -0.05) is 47.8 Å². The first-order valence-electron chi connectivity index (χ1n) is 9.58. The number of carbonyl (C=O) groups is 2. The van der Waals surface area contributed by atoms with Gasteiger partial charge in [-0.2, -0.15) is 0 Å². The summed E-state index contributed by atoms with van der Waals surface area (Å²) in [7, 11) is 0. The zero-order chi connectivity index (χ0) is 21.8. The first kappa shape index (κ1) is 19.9. The first-order valence-corrected chi connectivity index (χ1v) is 13.7. The minimum atomic E-state index is -0.854. The molecule has 2 spiro atoms. The molecule has 5 aliphatic heterocycles. The van der Waals surface area contributed by atoms with Crippen LogP contribution in [0.5, 0.6) is 0 Å². The lowest BCUT2D eigenvalue weighted by Gasteiger charge is -2.59. The molecule has 7 rings (SSSR count). The van der Waals surface area contributed by atoms with Crippen molar-refractivity contribution in [2.45, 2.75) is 41.2 Å². The number of rotatable bonds is 0. The number of amides is 1. The molecular formula is C20H11Br5N4O2. The second-order valence-corrected chi connectivity index (χ2v) is 13.2. The number of β-lactam (4-membered cyclic amide) rings is 1. The van der Waals surface area contributed by atoms with Crippen LogP contribution in [0.1, 0.15) is 41.5 Å². The van der Waals surface area contributed by atoms with E-state index in [1.54, 1.807) is 4.57 Å². The molecule has 0 saturated carbocycles. The number of halogens is 5. The van der Waals surface area contributed by atoms with Gasteiger partial charge < -0.3 is 9.80 Å². The smallest absolute Gasteiger partial charge is 0.259 e. The lowest BCUT2D eigenvalue weighted by molar-refractivity contribution is -0.158. The van der Waals surface area contributed by atoms with Crippen LogP contribution in [0.25, 0.3) is 4.48 Å². The molecule has 2 aromatic rings. The van der Waals surface area contributed by atoms with E-state index in [1.165, 1.54) is 0 Å². The van der Waals surface area contributed by atoms with Crippen molar-refractivity contribution in [2.24, 2.45) is 0 Å². The summed E-state index contributed by atoms with van der Waals surface area (Å²) >= 11 is 18.5. The Morgan fingerprint density at radius 1 is 1.13 bits per heavy atom. The third kappa shape index (κ3) is 1.76. The number of imidazole rings is 1. The van der Waals surface area contributed by atoms with Gasteiger partial charge in [-0.25, -0.2) is 4.98 Å². The molecule has 2 saturated heterocycles. The lowest BCUT2D eigenvalue weighted by atomic mass is 9.64. The maximum atomic E-state index is 14.1. The zero-order valence-electron chi connectivity index (χ0n) is 15.7. The van der Waals surface area contributed by atoms with E-state index < -0.39 is 16.6 Å². The van der Waals surface area contributed by atoms with Crippen molar-refractivity contribution in [3.8, 4) is 0 Å². The van der Waals surface area contributed by atoms with Crippen LogP contribution in [0.4, 0.5) is 5.69 Å². The minimum Gasteiger partial charge on any atom is -0.342 e. The van der Waals surface area contributed by atoms with E-state index in [0.717, 1.165) is 25.9 Å². The van der Waals surface area contributed by atoms with Crippen LogP contribution >= 0.6 is 79.6 Å². The molecule has 2 bridgehead atoms. The number of benzene rings is 1. The fourth-order valence-corrected chi connectivity index (χ4v) is 10.0.